The fourth-order valence-corrected chi connectivity index (χ4v) is 7.57. The lowest BCUT2D eigenvalue weighted by Crippen LogP contribution is -2.16. The van der Waals surface area contributed by atoms with Gasteiger partial charge in [0.1, 0.15) is 5.65 Å². The first kappa shape index (κ1) is 23.5. The van der Waals surface area contributed by atoms with Gasteiger partial charge in [0.15, 0.2) is 0 Å². The van der Waals surface area contributed by atoms with Crippen LogP contribution in [0.15, 0.2) is 134 Å². The van der Waals surface area contributed by atoms with Crippen molar-refractivity contribution in [2.45, 2.75) is 19.3 Å². The molecule has 0 aliphatic heterocycles. The van der Waals surface area contributed by atoms with E-state index in [4.69, 9.17) is 4.98 Å². The van der Waals surface area contributed by atoms with Gasteiger partial charge in [-0.15, -0.1) is 0 Å². The Hall–Kier alpha value is -5.21. The Morgan fingerprint density at radius 2 is 1.10 bits per heavy atom. The molecule has 2 heteroatoms. The van der Waals surface area contributed by atoms with Gasteiger partial charge in [0.2, 0.25) is 0 Å². The Morgan fingerprint density at radius 3 is 1.81 bits per heavy atom. The molecule has 0 amide bonds. The van der Waals surface area contributed by atoms with E-state index in [1.165, 1.54) is 65.7 Å². The first-order valence-corrected chi connectivity index (χ1v) is 14.6. The Balaban J connectivity index is 1.31. The Bertz CT molecular complexity index is 2340. The minimum absolute atomic E-state index is 0.139. The molecule has 0 N–H and O–H groups in total. The van der Waals surface area contributed by atoms with E-state index in [1.54, 1.807) is 0 Å². The number of fused-ring (bicyclic) bond motifs is 11. The van der Waals surface area contributed by atoms with Gasteiger partial charge in [-0.1, -0.05) is 117 Å². The van der Waals surface area contributed by atoms with Crippen LogP contribution in [0.3, 0.4) is 0 Å². The van der Waals surface area contributed by atoms with E-state index in [1.807, 2.05) is 24.4 Å². The van der Waals surface area contributed by atoms with Crippen LogP contribution in [0.4, 0.5) is 0 Å². The summed E-state index contributed by atoms with van der Waals surface area (Å²) < 4.78 is 2.07. The summed E-state index contributed by atoms with van der Waals surface area (Å²) in [5, 5.41) is 7.98. The standard InChI is InChI=1S/C40H28N2/c1-40(2)38-31-15-7-5-13-29(31)33(25-18-20-26(21-19-25)35-24-42-22-10-9-17-36(42)41-35)23-34(38)37-30-14-6-3-11-27(30)28-12-4-8-16-32(28)39(37)40/h3-24H,1-2H3. The number of hydrogen-bond acceptors (Lipinski definition) is 1. The third-order valence-electron chi connectivity index (χ3n) is 9.35. The summed E-state index contributed by atoms with van der Waals surface area (Å²) in [6, 6.07) is 44.4. The monoisotopic (exact) mass is 536 g/mol. The van der Waals surface area contributed by atoms with E-state index in [0.29, 0.717) is 0 Å². The van der Waals surface area contributed by atoms with Crippen molar-refractivity contribution in [2.24, 2.45) is 0 Å². The molecule has 0 bridgehead atoms. The van der Waals surface area contributed by atoms with Gasteiger partial charge >= 0.3 is 0 Å². The van der Waals surface area contributed by atoms with Gasteiger partial charge in [-0.05, 0) is 83.9 Å². The zero-order valence-corrected chi connectivity index (χ0v) is 23.6. The number of pyridine rings is 1. The van der Waals surface area contributed by atoms with Crippen molar-refractivity contribution in [3.05, 3.63) is 145 Å². The third-order valence-corrected chi connectivity index (χ3v) is 9.35. The summed E-state index contributed by atoms with van der Waals surface area (Å²) >= 11 is 0. The highest BCUT2D eigenvalue weighted by Crippen LogP contribution is 2.57. The molecule has 6 aromatic carbocycles. The Labute approximate surface area is 244 Å². The molecule has 0 saturated heterocycles. The maximum atomic E-state index is 4.84. The number of nitrogens with zero attached hydrogens (tertiary/aromatic N) is 2. The Morgan fingerprint density at radius 1 is 0.524 bits per heavy atom. The fourth-order valence-electron chi connectivity index (χ4n) is 7.57. The average Bonchev–Trinajstić information content (AvgIpc) is 3.58. The second-order valence-corrected chi connectivity index (χ2v) is 12.0. The summed E-state index contributed by atoms with van der Waals surface area (Å²) in [6.45, 7) is 4.82. The summed E-state index contributed by atoms with van der Waals surface area (Å²) in [5.41, 5.74) is 11.0. The molecular formula is C40H28N2. The van der Waals surface area contributed by atoms with Gasteiger partial charge in [-0.25, -0.2) is 4.98 Å². The molecule has 0 spiro atoms. The van der Waals surface area contributed by atoms with Crippen LogP contribution in [0.25, 0.3) is 71.5 Å². The van der Waals surface area contributed by atoms with Crippen LogP contribution in [0.1, 0.15) is 25.0 Å². The minimum Gasteiger partial charge on any atom is -0.306 e. The molecule has 1 aliphatic carbocycles. The summed E-state index contributed by atoms with van der Waals surface area (Å²) in [6.07, 6.45) is 4.15. The van der Waals surface area contributed by atoms with Gasteiger partial charge in [0.05, 0.1) is 5.69 Å². The number of rotatable bonds is 2. The molecule has 1 aliphatic rings. The SMILES string of the molecule is CC1(C)c2c(cc(-c3ccc(-c4cn5ccccc5n4)cc3)c3ccccc23)-c2c1c1ccccc1c1ccccc21. The number of imidazole rings is 1. The smallest absolute Gasteiger partial charge is 0.137 e. The van der Waals surface area contributed by atoms with Gasteiger partial charge in [-0.2, -0.15) is 0 Å². The van der Waals surface area contributed by atoms with E-state index in [2.05, 4.69) is 128 Å². The van der Waals surface area contributed by atoms with Gasteiger partial charge < -0.3 is 4.40 Å². The normalized spacial score (nSPS) is 13.7. The highest BCUT2D eigenvalue weighted by molar-refractivity contribution is 6.20. The minimum atomic E-state index is -0.139. The van der Waals surface area contributed by atoms with Crippen LogP contribution >= 0.6 is 0 Å². The highest BCUT2D eigenvalue weighted by Gasteiger charge is 2.40. The van der Waals surface area contributed by atoms with Gasteiger partial charge in [0.25, 0.3) is 0 Å². The van der Waals surface area contributed by atoms with Crippen LogP contribution in [0.2, 0.25) is 0 Å². The number of aromatic nitrogens is 2. The Kier molecular flexibility index (Phi) is 4.70. The van der Waals surface area contributed by atoms with Crippen molar-refractivity contribution in [3.8, 4) is 33.5 Å². The van der Waals surface area contributed by atoms with Crippen LogP contribution in [-0.4, -0.2) is 9.38 Å². The quantitative estimate of drug-likeness (QED) is 0.201. The molecule has 198 valence electrons. The molecule has 2 aromatic heterocycles. The van der Waals surface area contributed by atoms with Gasteiger partial charge in [-0.3, -0.25) is 0 Å². The largest absolute Gasteiger partial charge is 0.306 e. The van der Waals surface area contributed by atoms with Crippen molar-refractivity contribution in [3.63, 3.8) is 0 Å². The molecule has 8 aromatic rings. The second-order valence-electron chi connectivity index (χ2n) is 12.0. The summed E-state index contributed by atoms with van der Waals surface area (Å²) in [4.78, 5) is 4.84. The van der Waals surface area contributed by atoms with Crippen LogP contribution in [0.5, 0.6) is 0 Å². The van der Waals surface area contributed by atoms with E-state index in [9.17, 15) is 0 Å². The summed E-state index contributed by atoms with van der Waals surface area (Å²) in [7, 11) is 0. The molecule has 2 heterocycles. The lowest BCUT2D eigenvalue weighted by Gasteiger charge is -2.25. The molecule has 42 heavy (non-hydrogen) atoms. The molecule has 0 saturated carbocycles. The first-order chi connectivity index (χ1) is 20.6. The molecule has 0 atom stereocenters. The molecular weight excluding hydrogens is 508 g/mol. The van der Waals surface area contributed by atoms with E-state index < -0.39 is 0 Å². The van der Waals surface area contributed by atoms with E-state index in [0.717, 1.165) is 16.9 Å². The van der Waals surface area contributed by atoms with Crippen molar-refractivity contribution in [1.29, 1.82) is 0 Å². The van der Waals surface area contributed by atoms with E-state index >= 15 is 0 Å². The first-order valence-electron chi connectivity index (χ1n) is 14.6. The molecule has 0 fully saturated rings. The topological polar surface area (TPSA) is 17.3 Å². The lowest BCUT2D eigenvalue weighted by molar-refractivity contribution is 0.672. The zero-order chi connectivity index (χ0) is 28.0. The predicted octanol–water partition coefficient (Wildman–Crippen LogP) is 10.4. The highest BCUT2D eigenvalue weighted by atomic mass is 15.0. The zero-order valence-electron chi connectivity index (χ0n) is 23.6. The predicted molar refractivity (Wildman–Crippen MR) is 176 cm³/mol. The third kappa shape index (κ3) is 3.12. The maximum Gasteiger partial charge on any atom is 0.137 e. The number of hydrogen-bond donors (Lipinski definition) is 0. The van der Waals surface area contributed by atoms with Crippen LogP contribution < -0.4 is 0 Å². The summed E-state index contributed by atoms with van der Waals surface area (Å²) in [5.74, 6) is 0. The second kappa shape index (κ2) is 8.41. The molecule has 0 unspecified atom stereocenters. The van der Waals surface area contributed by atoms with Crippen molar-refractivity contribution in [2.75, 3.05) is 0 Å². The molecule has 2 nitrogen and oxygen atoms in total. The van der Waals surface area contributed by atoms with Crippen LogP contribution in [0, 0.1) is 0 Å². The lowest BCUT2D eigenvalue weighted by atomic mass is 9.77. The number of benzene rings is 6. The average molecular weight is 537 g/mol. The fraction of sp³-hybridized carbons (Fsp3) is 0.0750. The van der Waals surface area contributed by atoms with Crippen molar-refractivity contribution in [1.82, 2.24) is 9.38 Å². The molecule has 0 radical (unpaired) electrons. The van der Waals surface area contributed by atoms with Crippen molar-refractivity contribution >= 4 is 38.0 Å². The van der Waals surface area contributed by atoms with Crippen LogP contribution in [-0.2, 0) is 5.41 Å². The van der Waals surface area contributed by atoms with E-state index in [-0.39, 0.29) is 5.41 Å². The van der Waals surface area contributed by atoms with Gasteiger partial charge in [0, 0.05) is 23.4 Å². The maximum absolute atomic E-state index is 4.84. The molecule has 9 rings (SSSR count). The van der Waals surface area contributed by atoms with Crippen molar-refractivity contribution < 1.29 is 0 Å².